The van der Waals surface area contributed by atoms with Crippen LogP contribution in [0.15, 0.2) is 97.6 Å². The van der Waals surface area contributed by atoms with Gasteiger partial charge in [0, 0.05) is 86.7 Å². The first-order chi connectivity index (χ1) is 40.6. The molecular formula is C62H78N14O8. The Morgan fingerprint density at radius 1 is 0.607 bits per heavy atom. The topological polar surface area (TPSA) is 272 Å². The van der Waals surface area contributed by atoms with Crippen LogP contribution in [0.5, 0.6) is 0 Å². The number of rotatable bonds is 18. The lowest BCUT2D eigenvalue weighted by molar-refractivity contribution is -0.157. The molecule has 0 radical (unpaired) electrons. The monoisotopic (exact) mass is 1150 g/mol. The molecule has 2 atom stereocenters. The summed E-state index contributed by atoms with van der Waals surface area (Å²) in [5.74, 6) is 3.92. The number of nitrogens with one attached hydrogen (secondary N) is 6. The number of ether oxygens (including phenoxy) is 3. The van der Waals surface area contributed by atoms with Crippen molar-refractivity contribution in [1.29, 1.82) is 0 Å². The fourth-order valence-corrected chi connectivity index (χ4v) is 10.8. The molecule has 4 aliphatic rings. The number of carbonyl (C=O) groups is 4. The number of amides is 2. The number of fused-ring (bicyclic) bond motifs is 2. The molecule has 4 aromatic heterocycles. The molecule has 22 heteroatoms. The van der Waals surface area contributed by atoms with Gasteiger partial charge in [-0.25, -0.2) is 49.1 Å². The summed E-state index contributed by atoms with van der Waals surface area (Å²) in [7, 11) is 0. The number of benzene rings is 2. The van der Waals surface area contributed by atoms with Crippen molar-refractivity contribution in [3.8, 4) is 0 Å². The van der Waals surface area contributed by atoms with Crippen LogP contribution >= 0.6 is 0 Å². The summed E-state index contributed by atoms with van der Waals surface area (Å²) in [5, 5.41) is 27.9. The number of aliphatic carboxylic acids is 1. The first-order valence-electron chi connectivity index (χ1n) is 29.1. The normalized spacial score (nSPS) is 15.9. The number of piperidine rings is 2. The van der Waals surface area contributed by atoms with E-state index in [0.717, 1.165) is 148 Å². The zero-order valence-corrected chi connectivity index (χ0v) is 48.7. The molecule has 0 saturated carbocycles. The number of carboxylic acid groups (broad SMARTS) is 1. The smallest absolute Gasteiger partial charge is 0.408 e. The highest BCUT2D eigenvalue weighted by Gasteiger charge is 2.31. The summed E-state index contributed by atoms with van der Waals surface area (Å²) in [6, 6.07) is 25.2. The van der Waals surface area contributed by atoms with Crippen LogP contribution < -0.4 is 41.7 Å². The number of hydrogen-bond donors (Lipinski definition) is 7. The largest absolute Gasteiger partial charge is 0.480 e. The zero-order chi connectivity index (χ0) is 59.0. The molecule has 0 bridgehead atoms. The third-order valence-corrected chi connectivity index (χ3v) is 15.3. The van der Waals surface area contributed by atoms with Crippen LogP contribution in [0.1, 0.15) is 116 Å². The number of aromatic nitrogens is 6. The van der Waals surface area contributed by atoms with Crippen molar-refractivity contribution in [2.75, 3.05) is 83.4 Å². The summed E-state index contributed by atoms with van der Waals surface area (Å²) >= 11 is 0. The Kier molecular flexibility index (Phi) is 20.2. The van der Waals surface area contributed by atoms with Gasteiger partial charge in [0.05, 0.1) is 0 Å². The average Bonchev–Trinajstić information content (AvgIpc) is 3.71. The van der Waals surface area contributed by atoms with E-state index in [1.165, 1.54) is 23.8 Å². The second kappa shape index (κ2) is 28.4. The van der Waals surface area contributed by atoms with E-state index in [1.807, 2.05) is 74.5 Å². The van der Waals surface area contributed by atoms with Crippen molar-refractivity contribution in [3.63, 3.8) is 0 Å². The molecule has 2 amide bonds. The van der Waals surface area contributed by atoms with Gasteiger partial charge in [-0.3, -0.25) is 0 Å². The fraction of sp³-hybridized carbons (Fsp3) is 0.452. The highest BCUT2D eigenvalue weighted by molar-refractivity contribution is 5.82. The number of aryl methyl sites for hydroxylation is 2. The van der Waals surface area contributed by atoms with Crippen LogP contribution in [0.4, 0.5) is 44.5 Å². The number of anilines is 6. The highest BCUT2D eigenvalue weighted by atomic mass is 16.6. The highest BCUT2D eigenvalue weighted by Crippen LogP contribution is 2.35. The second-order valence-corrected chi connectivity index (χ2v) is 22.6. The summed E-state index contributed by atoms with van der Waals surface area (Å²) in [4.78, 5) is 81.9. The van der Waals surface area contributed by atoms with E-state index in [9.17, 15) is 24.3 Å². The predicted octanol–water partition coefficient (Wildman–Crippen LogP) is 8.68. The molecule has 4 aliphatic heterocycles. The Labute approximate surface area is 490 Å². The fourth-order valence-electron chi connectivity index (χ4n) is 10.8. The Morgan fingerprint density at radius 3 is 1.46 bits per heavy atom. The molecule has 10 rings (SSSR count). The van der Waals surface area contributed by atoms with Crippen molar-refractivity contribution in [1.82, 2.24) is 40.5 Å². The minimum absolute atomic E-state index is 0.0525. The van der Waals surface area contributed by atoms with Gasteiger partial charge >= 0.3 is 24.1 Å². The molecule has 2 aromatic carbocycles. The van der Waals surface area contributed by atoms with Gasteiger partial charge in [-0.05, 0) is 120 Å². The van der Waals surface area contributed by atoms with Gasteiger partial charge in [0.15, 0.2) is 0 Å². The van der Waals surface area contributed by atoms with Gasteiger partial charge in [-0.1, -0.05) is 72.8 Å². The molecule has 22 nitrogen and oxygen atoms in total. The summed E-state index contributed by atoms with van der Waals surface area (Å²) in [6.07, 6.45) is 9.86. The van der Waals surface area contributed by atoms with Crippen LogP contribution in [0, 0.1) is 13.8 Å². The van der Waals surface area contributed by atoms with E-state index in [2.05, 4.69) is 85.9 Å². The van der Waals surface area contributed by atoms with E-state index in [0.29, 0.717) is 23.5 Å². The van der Waals surface area contributed by atoms with Crippen LogP contribution in [0.2, 0.25) is 0 Å². The van der Waals surface area contributed by atoms with Gasteiger partial charge in [-0.2, -0.15) is 0 Å². The maximum atomic E-state index is 13.0. The van der Waals surface area contributed by atoms with E-state index in [1.54, 1.807) is 20.8 Å². The van der Waals surface area contributed by atoms with Crippen LogP contribution in [0.25, 0.3) is 0 Å². The molecule has 2 unspecified atom stereocenters. The number of pyridine rings is 2. The average molecular weight is 1150 g/mol. The third kappa shape index (κ3) is 16.5. The lowest BCUT2D eigenvalue weighted by atomic mass is 9.92. The summed E-state index contributed by atoms with van der Waals surface area (Å²) < 4.78 is 16.1. The van der Waals surface area contributed by atoms with Gasteiger partial charge in [0.2, 0.25) is 0 Å². The molecular weight excluding hydrogens is 1070 g/mol. The van der Waals surface area contributed by atoms with Crippen molar-refractivity contribution < 1.29 is 38.5 Å². The molecule has 7 N–H and O–H groups in total. The summed E-state index contributed by atoms with van der Waals surface area (Å²) in [5.41, 5.74) is 7.54. The van der Waals surface area contributed by atoms with Crippen molar-refractivity contribution in [3.05, 3.63) is 142 Å². The van der Waals surface area contributed by atoms with E-state index >= 15 is 0 Å². The second-order valence-electron chi connectivity index (χ2n) is 22.6. The number of nitrogens with zero attached hydrogens (tertiary/aromatic N) is 8. The van der Waals surface area contributed by atoms with Gasteiger partial charge in [-0.15, -0.1) is 0 Å². The van der Waals surface area contributed by atoms with E-state index in [-0.39, 0.29) is 26.3 Å². The quantitative estimate of drug-likeness (QED) is 0.0313. The molecule has 444 valence electrons. The molecule has 6 aromatic rings. The zero-order valence-electron chi connectivity index (χ0n) is 48.7. The minimum Gasteiger partial charge on any atom is -0.480 e. The molecule has 84 heavy (non-hydrogen) atoms. The molecule has 2 fully saturated rings. The van der Waals surface area contributed by atoms with Crippen molar-refractivity contribution >= 4 is 59.0 Å². The Bertz CT molecular complexity index is 3190. The lowest BCUT2D eigenvalue weighted by Crippen LogP contribution is -2.48. The number of carbonyl (C=O) groups excluding carboxylic acids is 3. The standard InChI is InChI=1S/C33H43N7O4.C29H35N7O4/c1-22-28(35-19-27(31(41)44-33(2,3)4)39-32(42)43-20-23-9-6-5-7-10-23)36-21-37-30(22)40-17-14-24(15-18-40)26-13-12-25-11-8-16-34-29(25)38-26;1-19-25(31-16-24(28(37)38)35-29(39)40-17-20-6-3-2-4-7-20)32-18-33-27(19)36-14-11-21(12-15-36)23-10-9-22-8-5-13-30-26(22)34-23/h5-7,9-10,12-13,21,24,27H,8,11,14-20H2,1-4H3,(H,34,38)(H,39,42)(H,35,36,37);2-4,6-7,9-10,18,21,24H,5,8,11-17H2,1H3,(H,30,34)(H,35,39)(H,37,38)(H,31,32,33). The minimum atomic E-state index is -1.20. The maximum Gasteiger partial charge on any atom is 0.408 e. The summed E-state index contributed by atoms with van der Waals surface area (Å²) in [6.45, 7) is 14.7. The Balaban J connectivity index is 0.000000202. The van der Waals surface area contributed by atoms with Crippen LogP contribution in [0.3, 0.4) is 0 Å². The van der Waals surface area contributed by atoms with E-state index < -0.39 is 41.8 Å². The number of hydrogen-bond acceptors (Lipinski definition) is 19. The van der Waals surface area contributed by atoms with Crippen LogP contribution in [-0.4, -0.2) is 129 Å². The third-order valence-electron chi connectivity index (χ3n) is 15.3. The number of esters is 1. The number of carboxylic acids is 1. The first kappa shape index (κ1) is 59.8. The molecule has 8 heterocycles. The van der Waals surface area contributed by atoms with Gasteiger partial charge < -0.3 is 61.0 Å². The van der Waals surface area contributed by atoms with Crippen LogP contribution in [-0.2, 0) is 49.9 Å². The lowest BCUT2D eigenvalue weighted by Gasteiger charge is -2.34. The van der Waals surface area contributed by atoms with Crippen molar-refractivity contribution in [2.24, 2.45) is 0 Å². The van der Waals surface area contributed by atoms with Gasteiger partial charge in [0.1, 0.15) is 78.5 Å². The molecule has 2 saturated heterocycles. The van der Waals surface area contributed by atoms with Gasteiger partial charge in [0.25, 0.3) is 0 Å². The van der Waals surface area contributed by atoms with Crippen molar-refractivity contribution in [2.45, 2.75) is 129 Å². The SMILES string of the molecule is Cc1c(NCC(NC(=O)OCc2ccccc2)C(=O)O)ncnc1N1CCC(c2ccc3c(n2)NCCC3)CC1.Cc1c(NCC(NC(=O)OCc2ccccc2)C(=O)OC(C)(C)C)ncnc1N1CCC(c2ccc3c(n2)NCCC3)CC1. The predicted molar refractivity (Wildman–Crippen MR) is 322 cm³/mol. The number of alkyl carbamates (subject to hydrolysis) is 2. The Morgan fingerprint density at radius 2 is 1.04 bits per heavy atom. The Hall–Kier alpha value is -8.82. The van der Waals surface area contributed by atoms with E-state index in [4.69, 9.17) is 24.2 Å². The first-order valence-corrected chi connectivity index (χ1v) is 29.1. The maximum absolute atomic E-state index is 13.0. The molecule has 0 aliphatic carbocycles. The molecule has 0 spiro atoms.